The first-order chi connectivity index (χ1) is 18.6. The number of imidazole rings is 1. The Balaban J connectivity index is 1.77. The maximum Gasteiger partial charge on any atom is 0.416 e. The number of aromatic nitrogens is 2. The standard InChI is InChI=1S/C27H29F7N4O2/c1-16(18-11-19(26(29,30)31)13-20(12-18)27(32,33)34)40-25(2)23(17-5-7-21(28)8-6-17)38(9-10-39-25)24-22(14-37(3)4)35-15-36-24/h5-8,11-13,15-16,23H,9-10,14H2,1-4H3,(H,35,36)/t16-,23+,25-/m1/s1. The van der Waals surface area contributed by atoms with Crippen LogP contribution in [-0.4, -0.2) is 47.9 Å². The lowest BCUT2D eigenvalue weighted by Crippen LogP contribution is -2.55. The number of hydrogen-bond donors (Lipinski definition) is 1. The second kappa shape index (κ2) is 11.0. The lowest BCUT2D eigenvalue weighted by molar-refractivity contribution is -0.271. The smallest absolute Gasteiger partial charge is 0.346 e. The number of halogens is 7. The van der Waals surface area contributed by atoms with Gasteiger partial charge in [0.05, 0.1) is 35.9 Å². The van der Waals surface area contributed by atoms with Gasteiger partial charge < -0.3 is 24.3 Å². The molecule has 40 heavy (non-hydrogen) atoms. The van der Waals surface area contributed by atoms with Gasteiger partial charge in [0.25, 0.3) is 0 Å². The topological polar surface area (TPSA) is 53.6 Å². The van der Waals surface area contributed by atoms with Crippen LogP contribution in [0.5, 0.6) is 0 Å². The molecular formula is C27H29F7N4O2. The number of hydrogen-bond acceptors (Lipinski definition) is 5. The Morgan fingerprint density at radius 1 is 1.07 bits per heavy atom. The number of rotatable bonds is 7. The van der Waals surface area contributed by atoms with E-state index < -0.39 is 47.2 Å². The second-order valence-corrected chi connectivity index (χ2v) is 10.1. The van der Waals surface area contributed by atoms with Crippen molar-refractivity contribution in [3.63, 3.8) is 0 Å². The summed E-state index contributed by atoms with van der Waals surface area (Å²) in [7, 11) is 3.75. The van der Waals surface area contributed by atoms with E-state index in [-0.39, 0.29) is 18.2 Å². The molecule has 2 aromatic carbocycles. The van der Waals surface area contributed by atoms with Crippen LogP contribution in [0.25, 0.3) is 0 Å². The molecular weight excluding hydrogens is 545 g/mol. The SMILES string of the molecule is C[C@@H](O[C@@]1(C)OCCN(c2nc[nH]c2CN(C)C)[C@H]1c1ccc(F)cc1)c1cc(C(F)(F)F)cc(C(F)(F)F)c1. The monoisotopic (exact) mass is 574 g/mol. The van der Waals surface area contributed by atoms with E-state index in [1.165, 1.54) is 37.5 Å². The van der Waals surface area contributed by atoms with Crippen molar-refractivity contribution in [1.82, 2.24) is 14.9 Å². The summed E-state index contributed by atoms with van der Waals surface area (Å²) in [6, 6.07) is 6.11. The van der Waals surface area contributed by atoms with Gasteiger partial charge in [0.2, 0.25) is 0 Å². The van der Waals surface area contributed by atoms with Crippen LogP contribution in [0.15, 0.2) is 48.8 Å². The lowest BCUT2D eigenvalue weighted by Gasteiger charge is -2.49. The van der Waals surface area contributed by atoms with Gasteiger partial charge in [0.1, 0.15) is 11.9 Å². The Kier molecular flexibility index (Phi) is 8.21. The number of aromatic amines is 1. The maximum atomic E-state index is 13.8. The highest BCUT2D eigenvalue weighted by molar-refractivity contribution is 5.48. The summed E-state index contributed by atoms with van der Waals surface area (Å²) < 4.78 is 107. The summed E-state index contributed by atoms with van der Waals surface area (Å²) in [4.78, 5) is 11.4. The molecule has 0 aliphatic carbocycles. The van der Waals surface area contributed by atoms with Crippen molar-refractivity contribution in [3.8, 4) is 0 Å². The zero-order valence-electron chi connectivity index (χ0n) is 22.2. The largest absolute Gasteiger partial charge is 0.416 e. The normalized spacial score (nSPS) is 21.2. The van der Waals surface area contributed by atoms with Crippen LogP contribution in [0, 0.1) is 5.82 Å². The molecule has 0 spiro atoms. The molecule has 0 radical (unpaired) electrons. The molecule has 3 aromatic rings. The Hall–Kier alpha value is -3.16. The van der Waals surface area contributed by atoms with E-state index >= 15 is 0 Å². The van der Waals surface area contributed by atoms with Gasteiger partial charge in [-0.3, -0.25) is 0 Å². The zero-order chi connectivity index (χ0) is 29.5. The van der Waals surface area contributed by atoms with Gasteiger partial charge in [-0.05, 0) is 69.4 Å². The van der Waals surface area contributed by atoms with Crippen LogP contribution >= 0.6 is 0 Å². The van der Waals surface area contributed by atoms with Crippen LogP contribution < -0.4 is 4.90 Å². The summed E-state index contributed by atoms with van der Waals surface area (Å²) in [5, 5.41) is 0. The highest BCUT2D eigenvalue weighted by Gasteiger charge is 2.47. The number of H-pyrrole nitrogens is 1. The minimum Gasteiger partial charge on any atom is -0.346 e. The highest BCUT2D eigenvalue weighted by Crippen LogP contribution is 2.45. The molecule has 0 unspecified atom stereocenters. The van der Waals surface area contributed by atoms with E-state index in [9.17, 15) is 30.7 Å². The third-order valence-corrected chi connectivity index (χ3v) is 6.65. The van der Waals surface area contributed by atoms with Crippen LogP contribution in [0.1, 0.15) is 53.9 Å². The molecule has 218 valence electrons. The van der Waals surface area contributed by atoms with Gasteiger partial charge in [-0.2, -0.15) is 26.3 Å². The van der Waals surface area contributed by atoms with Crippen LogP contribution in [0.3, 0.4) is 0 Å². The van der Waals surface area contributed by atoms with E-state index in [1.807, 2.05) is 23.9 Å². The van der Waals surface area contributed by atoms with Crippen LogP contribution in [-0.2, 0) is 28.4 Å². The molecule has 13 heteroatoms. The van der Waals surface area contributed by atoms with Crippen molar-refractivity contribution < 1.29 is 40.2 Å². The molecule has 0 saturated carbocycles. The molecule has 0 bridgehead atoms. The number of ether oxygens (including phenoxy) is 2. The van der Waals surface area contributed by atoms with E-state index in [2.05, 4.69) is 9.97 Å². The van der Waals surface area contributed by atoms with Crippen LogP contribution in [0.2, 0.25) is 0 Å². The zero-order valence-corrected chi connectivity index (χ0v) is 22.2. The lowest BCUT2D eigenvalue weighted by atomic mass is 9.94. The molecule has 1 aliphatic rings. The quantitative estimate of drug-likeness (QED) is 0.318. The number of morpholine rings is 1. The molecule has 1 fully saturated rings. The first kappa shape index (κ1) is 29.8. The van der Waals surface area contributed by atoms with Gasteiger partial charge in [0, 0.05) is 13.1 Å². The average Bonchev–Trinajstić information content (AvgIpc) is 3.30. The fourth-order valence-corrected chi connectivity index (χ4v) is 4.92. The summed E-state index contributed by atoms with van der Waals surface area (Å²) in [5.74, 6) is -1.51. The minimum absolute atomic E-state index is 0.0714. The molecule has 3 atom stereocenters. The van der Waals surface area contributed by atoms with Crippen molar-refractivity contribution in [2.75, 3.05) is 32.1 Å². The number of alkyl halides is 6. The fourth-order valence-electron chi connectivity index (χ4n) is 4.92. The maximum absolute atomic E-state index is 13.8. The number of anilines is 1. The molecule has 2 heterocycles. The third-order valence-electron chi connectivity index (χ3n) is 6.65. The van der Waals surface area contributed by atoms with E-state index in [4.69, 9.17) is 9.47 Å². The number of nitrogens with zero attached hydrogens (tertiary/aromatic N) is 3. The van der Waals surface area contributed by atoms with Crippen molar-refractivity contribution in [3.05, 3.63) is 82.6 Å². The van der Waals surface area contributed by atoms with Gasteiger partial charge in [-0.25, -0.2) is 9.37 Å². The van der Waals surface area contributed by atoms with Gasteiger partial charge >= 0.3 is 12.4 Å². The molecule has 0 amide bonds. The average molecular weight is 575 g/mol. The first-order valence-corrected chi connectivity index (χ1v) is 12.4. The highest BCUT2D eigenvalue weighted by atomic mass is 19.4. The predicted molar refractivity (Wildman–Crippen MR) is 133 cm³/mol. The Bertz CT molecular complexity index is 1280. The minimum atomic E-state index is -5.00. The Morgan fingerprint density at radius 3 is 2.23 bits per heavy atom. The van der Waals surface area contributed by atoms with Gasteiger partial charge in [-0.1, -0.05) is 12.1 Å². The second-order valence-electron chi connectivity index (χ2n) is 10.1. The van der Waals surface area contributed by atoms with E-state index in [0.717, 1.165) is 5.69 Å². The predicted octanol–water partition coefficient (Wildman–Crippen LogP) is 6.72. The number of benzene rings is 2. The molecule has 4 rings (SSSR count). The molecule has 1 saturated heterocycles. The molecule has 1 N–H and O–H groups in total. The van der Waals surface area contributed by atoms with Crippen molar-refractivity contribution in [2.45, 2.75) is 50.7 Å². The Labute approximate surface area is 226 Å². The molecule has 6 nitrogen and oxygen atoms in total. The van der Waals surface area contributed by atoms with Crippen molar-refractivity contribution >= 4 is 5.82 Å². The van der Waals surface area contributed by atoms with E-state index in [1.54, 1.807) is 6.92 Å². The van der Waals surface area contributed by atoms with Crippen LogP contribution in [0.4, 0.5) is 36.6 Å². The number of nitrogens with one attached hydrogen (secondary N) is 1. The Morgan fingerprint density at radius 2 is 1.68 bits per heavy atom. The summed E-state index contributed by atoms with van der Waals surface area (Å²) in [5.41, 5.74) is -1.89. The van der Waals surface area contributed by atoms with Gasteiger partial charge in [0.15, 0.2) is 11.6 Å². The summed E-state index contributed by atoms with van der Waals surface area (Å²) in [6.45, 7) is 3.87. The van der Waals surface area contributed by atoms with Gasteiger partial charge in [-0.15, -0.1) is 0 Å². The first-order valence-electron chi connectivity index (χ1n) is 12.4. The summed E-state index contributed by atoms with van der Waals surface area (Å²) in [6.07, 6.45) is -9.74. The van der Waals surface area contributed by atoms with Crippen molar-refractivity contribution in [1.29, 1.82) is 0 Å². The third kappa shape index (κ3) is 6.42. The summed E-state index contributed by atoms with van der Waals surface area (Å²) >= 11 is 0. The fraction of sp³-hybridized carbons (Fsp3) is 0.444. The van der Waals surface area contributed by atoms with Crippen molar-refractivity contribution in [2.24, 2.45) is 0 Å². The molecule has 1 aromatic heterocycles. The van der Waals surface area contributed by atoms with E-state index in [0.29, 0.717) is 36.6 Å². The molecule has 1 aliphatic heterocycles.